The molecule has 0 saturated heterocycles. The predicted molar refractivity (Wildman–Crippen MR) is 53.7 cm³/mol. The van der Waals surface area contributed by atoms with Crippen LogP contribution in [0.5, 0.6) is 0 Å². The fourth-order valence-electron chi connectivity index (χ4n) is 1.40. The number of carboxylic acid groups (broad SMARTS) is 1. The SMILES string of the molecule is O=C(O)c1c(Cl)ncc2cccc(F)c12. The molecule has 0 aliphatic rings. The fraction of sp³-hybridized carbons (Fsp3) is 0. The number of hydrogen-bond acceptors (Lipinski definition) is 2. The molecule has 1 N–H and O–H groups in total. The number of pyridine rings is 1. The summed E-state index contributed by atoms with van der Waals surface area (Å²) >= 11 is 5.61. The summed E-state index contributed by atoms with van der Waals surface area (Å²) in [5, 5.41) is 9.09. The fourth-order valence-corrected chi connectivity index (χ4v) is 1.63. The van der Waals surface area contributed by atoms with Crippen LogP contribution in [0, 0.1) is 5.82 Å². The van der Waals surface area contributed by atoms with Gasteiger partial charge >= 0.3 is 5.97 Å². The van der Waals surface area contributed by atoms with Gasteiger partial charge < -0.3 is 5.11 Å². The van der Waals surface area contributed by atoms with E-state index in [-0.39, 0.29) is 16.1 Å². The van der Waals surface area contributed by atoms with Gasteiger partial charge in [-0.2, -0.15) is 0 Å². The largest absolute Gasteiger partial charge is 0.478 e. The second-order valence-electron chi connectivity index (χ2n) is 2.93. The molecule has 5 heteroatoms. The molecule has 15 heavy (non-hydrogen) atoms. The molecule has 0 aliphatic carbocycles. The van der Waals surface area contributed by atoms with Crippen molar-refractivity contribution in [3.05, 3.63) is 40.9 Å². The standard InChI is InChI=1S/C10H5ClFNO2/c11-9-8(10(14)15)7-5(4-13-9)2-1-3-6(7)12/h1-4H,(H,14,15). The van der Waals surface area contributed by atoms with Crippen LogP contribution >= 0.6 is 11.6 Å². The van der Waals surface area contributed by atoms with E-state index in [1.807, 2.05) is 0 Å². The van der Waals surface area contributed by atoms with Gasteiger partial charge in [0.05, 0.1) is 0 Å². The summed E-state index contributed by atoms with van der Waals surface area (Å²) in [5.41, 5.74) is -0.299. The molecular formula is C10H5ClFNO2. The smallest absolute Gasteiger partial charge is 0.339 e. The molecule has 0 radical (unpaired) electrons. The van der Waals surface area contributed by atoms with Crippen LogP contribution in [0.1, 0.15) is 10.4 Å². The highest BCUT2D eigenvalue weighted by atomic mass is 35.5. The summed E-state index contributed by atoms with van der Waals surface area (Å²) in [4.78, 5) is 14.6. The third kappa shape index (κ3) is 1.53. The Balaban J connectivity index is 2.97. The normalized spacial score (nSPS) is 10.5. The van der Waals surface area contributed by atoms with Gasteiger partial charge in [0.1, 0.15) is 16.5 Å². The Labute approximate surface area is 89.1 Å². The maximum atomic E-state index is 13.4. The lowest BCUT2D eigenvalue weighted by molar-refractivity contribution is 0.0698. The lowest BCUT2D eigenvalue weighted by Crippen LogP contribution is -2.01. The Bertz CT molecular complexity index is 556. The molecule has 0 unspecified atom stereocenters. The van der Waals surface area contributed by atoms with Crippen LogP contribution in [0.2, 0.25) is 5.15 Å². The number of carboxylic acids is 1. The molecule has 0 spiro atoms. The molecule has 2 aromatic rings. The Morgan fingerprint density at radius 1 is 1.47 bits per heavy atom. The van der Waals surface area contributed by atoms with Gasteiger partial charge in [0, 0.05) is 17.0 Å². The third-order valence-corrected chi connectivity index (χ3v) is 2.32. The Kier molecular flexibility index (Phi) is 2.28. The molecular weight excluding hydrogens is 221 g/mol. The molecule has 3 nitrogen and oxygen atoms in total. The number of carbonyl (C=O) groups is 1. The first-order valence-corrected chi connectivity index (χ1v) is 4.45. The van der Waals surface area contributed by atoms with Gasteiger partial charge in [-0.15, -0.1) is 0 Å². The maximum Gasteiger partial charge on any atom is 0.339 e. The molecule has 0 bridgehead atoms. The lowest BCUT2D eigenvalue weighted by atomic mass is 10.1. The Morgan fingerprint density at radius 2 is 2.20 bits per heavy atom. The minimum absolute atomic E-state index is 0.00926. The van der Waals surface area contributed by atoms with Crippen LogP contribution in [0.25, 0.3) is 10.8 Å². The van der Waals surface area contributed by atoms with E-state index in [2.05, 4.69) is 4.98 Å². The second-order valence-corrected chi connectivity index (χ2v) is 3.29. The Hall–Kier alpha value is -1.68. The van der Waals surface area contributed by atoms with E-state index in [1.54, 1.807) is 6.07 Å². The van der Waals surface area contributed by atoms with Gasteiger partial charge in [-0.25, -0.2) is 14.2 Å². The number of nitrogens with zero attached hydrogens (tertiary/aromatic N) is 1. The highest BCUT2D eigenvalue weighted by molar-refractivity contribution is 6.34. The summed E-state index contributed by atoms with van der Waals surface area (Å²) in [6.07, 6.45) is 1.34. The maximum absolute atomic E-state index is 13.4. The van der Waals surface area contributed by atoms with Gasteiger partial charge in [-0.05, 0) is 6.07 Å². The van der Waals surface area contributed by atoms with Crippen molar-refractivity contribution in [1.29, 1.82) is 0 Å². The van der Waals surface area contributed by atoms with E-state index >= 15 is 0 Å². The van der Waals surface area contributed by atoms with Gasteiger partial charge in [-0.1, -0.05) is 23.7 Å². The van der Waals surface area contributed by atoms with Crippen LogP contribution in [0.3, 0.4) is 0 Å². The molecule has 1 aromatic carbocycles. The number of benzene rings is 1. The molecule has 76 valence electrons. The summed E-state index contributed by atoms with van der Waals surface area (Å²) in [6, 6.07) is 4.25. The summed E-state index contributed by atoms with van der Waals surface area (Å²) < 4.78 is 13.4. The van der Waals surface area contributed by atoms with Crippen molar-refractivity contribution in [1.82, 2.24) is 4.98 Å². The van der Waals surface area contributed by atoms with Crippen LogP contribution in [0.15, 0.2) is 24.4 Å². The van der Waals surface area contributed by atoms with E-state index in [0.717, 1.165) is 0 Å². The first-order valence-electron chi connectivity index (χ1n) is 4.07. The predicted octanol–water partition coefficient (Wildman–Crippen LogP) is 2.73. The zero-order chi connectivity index (χ0) is 11.0. The number of aromatic nitrogens is 1. The monoisotopic (exact) mass is 225 g/mol. The highest BCUT2D eigenvalue weighted by Crippen LogP contribution is 2.26. The average molecular weight is 226 g/mol. The zero-order valence-corrected chi connectivity index (χ0v) is 8.12. The molecule has 0 amide bonds. The van der Waals surface area contributed by atoms with Crippen LogP contribution < -0.4 is 0 Å². The molecule has 0 saturated carbocycles. The first-order chi connectivity index (χ1) is 7.11. The van der Waals surface area contributed by atoms with E-state index < -0.39 is 11.8 Å². The van der Waals surface area contributed by atoms with Gasteiger partial charge in [-0.3, -0.25) is 0 Å². The quantitative estimate of drug-likeness (QED) is 0.760. The van der Waals surface area contributed by atoms with E-state index in [9.17, 15) is 9.18 Å². The second kappa shape index (κ2) is 3.47. The number of halogens is 2. The molecule has 0 aliphatic heterocycles. The van der Waals surface area contributed by atoms with Crippen molar-refractivity contribution < 1.29 is 14.3 Å². The van der Waals surface area contributed by atoms with Gasteiger partial charge in [0.2, 0.25) is 0 Å². The zero-order valence-electron chi connectivity index (χ0n) is 7.37. The van der Waals surface area contributed by atoms with Crippen LogP contribution in [-0.2, 0) is 0 Å². The third-order valence-electron chi connectivity index (χ3n) is 2.03. The Morgan fingerprint density at radius 3 is 2.87 bits per heavy atom. The summed E-state index contributed by atoms with van der Waals surface area (Å²) in [6.45, 7) is 0. The van der Waals surface area contributed by atoms with Gasteiger partial charge in [0.25, 0.3) is 0 Å². The number of aromatic carboxylic acids is 1. The summed E-state index contributed by atoms with van der Waals surface area (Å²) in [5.74, 6) is -1.91. The van der Waals surface area contributed by atoms with Crippen molar-refractivity contribution in [3.8, 4) is 0 Å². The van der Waals surface area contributed by atoms with Crippen molar-refractivity contribution in [2.24, 2.45) is 0 Å². The number of rotatable bonds is 1. The molecule has 1 heterocycles. The van der Waals surface area contributed by atoms with Crippen LogP contribution in [-0.4, -0.2) is 16.1 Å². The van der Waals surface area contributed by atoms with E-state index in [4.69, 9.17) is 16.7 Å². The first kappa shape index (κ1) is 9.86. The number of fused-ring (bicyclic) bond motifs is 1. The van der Waals surface area contributed by atoms with Crippen molar-refractivity contribution in [3.63, 3.8) is 0 Å². The summed E-state index contributed by atoms with van der Waals surface area (Å²) in [7, 11) is 0. The van der Waals surface area contributed by atoms with Crippen LogP contribution in [0.4, 0.5) is 4.39 Å². The van der Waals surface area contributed by atoms with E-state index in [0.29, 0.717) is 5.39 Å². The van der Waals surface area contributed by atoms with Crippen molar-refractivity contribution in [2.45, 2.75) is 0 Å². The minimum Gasteiger partial charge on any atom is -0.478 e. The molecule has 1 aromatic heterocycles. The minimum atomic E-state index is -1.29. The highest BCUT2D eigenvalue weighted by Gasteiger charge is 2.17. The van der Waals surface area contributed by atoms with Crippen molar-refractivity contribution in [2.75, 3.05) is 0 Å². The average Bonchev–Trinajstić information content (AvgIpc) is 2.18. The molecule has 0 atom stereocenters. The molecule has 0 fully saturated rings. The topological polar surface area (TPSA) is 50.2 Å². The number of hydrogen-bond donors (Lipinski definition) is 1. The molecule has 2 rings (SSSR count). The lowest BCUT2D eigenvalue weighted by Gasteiger charge is -2.04. The van der Waals surface area contributed by atoms with Gasteiger partial charge in [0.15, 0.2) is 0 Å². The van der Waals surface area contributed by atoms with Crippen molar-refractivity contribution >= 4 is 28.3 Å². The van der Waals surface area contributed by atoms with E-state index in [1.165, 1.54) is 18.3 Å².